The minimum Gasteiger partial charge on any atom is -0.460 e. The Labute approximate surface area is 90.2 Å². The van der Waals surface area contributed by atoms with Crippen molar-refractivity contribution in [2.24, 2.45) is 0 Å². The van der Waals surface area contributed by atoms with E-state index >= 15 is 0 Å². The molecule has 4 nitrogen and oxygen atoms in total. The largest absolute Gasteiger partial charge is 0.460 e. The lowest BCUT2D eigenvalue weighted by atomic mass is 10.2. The molecular weight excluding hydrogens is 196 g/mol. The zero-order valence-corrected chi connectivity index (χ0v) is 9.70. The van der Waals surface area contributed by atoms with Crippen molar-refractivity contribution in [3.8, 4) is 0 Å². The van der Waals surface area contributed by atoms with Crippen LogP contribution in [0.15, 0.2) is 12.7 Å². The number of esters is 2. The van der Waals surface area contributed by atoms with Crippen LogP contribution in [-0.2, 0) is 19.1 Å². The summed E-state index contributed by atoms with van der Waals surface area (Å²) in [5, 5.41) is 0. The Bertz CT molecular complexity index is 250. The molecule has 0 saturated carbocycles. The summed E-state index contributed by atoms with van der Waals surface area (Å²) in [4.78, 5) is 22.0. The molecule has 0 heterocycles. The number of carbonyl (C=O) groups excluding carboxylic acids is 2. The van der Waals surface area contributed by atoms with Crippen LogP contribution in [0.5, 0.6) is 0 Å². The molecule has 0 bridgehead atoms. The summed E-state index contributed by atoms with van der Waals surface area (Å²) in [7, 11) is 0. The summed E-state index contributed by atoms with van der Waals surface area (Å²) in [6.45, 7) is 10.1. The van der Waals surface area contributed by atoms with Crippen LogP contribution in [0, 0.1) is 0 Å². The monoisotopic (exact) mass is 214 g/mol. The van der Waals surface area contributed by atoms with Crippen LogP contribution in [-0.4, -0.2) is 23.6 Å². The Kier molecular flexibility index (Phi) is 5.05. The summed E-state index contributed by atoms with van der Waals surface area (Å²) >= 11 is 0. The van der Waals surface area contributed by atoms with Crippen LogP contribution in [0.25, 0.3) is 0 Å². The van der Waals surface area contributed by atoms with Gasteiger partial charge in [0.2, 0.25) is 0 Å². The Morgan fingerprint density at radius 3 is 2.27 bits per heavy atom. The summed E-state index contributed by atoms with van der Waals surface area (Å²) in [5.74, 6) is -0.850. The van der Waals surface area contributed by atoms with E-state index in [1.165, 1.54) is 13.0 Å². The maximum Gasteiger partial charge on any atom is 0.310 e. The third-order valence-corrected chi connectivity index (χ3v) is 1.37. The first-order chi connectivity index (χ1) is 6.74. The summed E-state index contributed by atoms with van der Waals surface area (Å²) in [6.07, 6.45) is 0.795. The molecule has 1 unspecified atom stereocenters. The molecule has 4 heteroatoms. The van der Waals surface area contributed by atoms with Crippen molar-refractivity contribution in [1.82, 2.24) is 0 Å². The molecule has 1 atom stereocenters. The molecule has 0 fully saturated rings. The van der Waals surface area contributed by atoms with Gasteiger partial charge in [0, 0.05) is 6.92 Å². The normalized spacial score (nSPS) is 12.8. The topological polar surface area (TPSA) is 52.6 Å². The van der Waals surface area contributed by atoms with E-state index in [4.69, 9.17) is 9.47 Å². The highest BCUT2D eigenvalue weighted by molar-refractivity contribution is 5.72. The van der Waals surface area contributed by atoms with Crippen molar-refractivity contribution in [2.45, 2.75) is 45.8 Å². The zero-order valence-electron chi connectivity index (χ0n) is 9.70. The van der Waals surface area contributed by atoms with Gasteiger partial charge in [-0.1, -0.05) is 12.7 Å². The molecule has 0 radical (unpaired) electrons. The molecule has 0 aromatic heterocycles. The highest BCUT2D eigenvalue weighted by Crippen LogP contribution is 2.10. The van der Waals surface area contributed by atoms with Gasteiger partial charge in [0.1, 0.15) is 11.7 Å². The van der Waals surface area contributed by atoms with Gasteiger partial charge >= 0.3 is 11.9 Å². The summed E-state index contributed by atoms with van der Waals surface area (Å²) < 4.78 is 9.90. The van der Waals surface area contributed by atoms with Gasteiger partial charge in [0.05, 0.1) is 6.42 Å². The van der Waals surface area contributed by atoms with Crippen LogP contribution in [0.1, 0.15) is 34.1 Å². The van der Waals surface area contributed by atoms with E-state index in [9.17, 15) is 9.59 Å². The first-order valence-electron chi connectivity index (χ1n) is 4.76. The molecular formula is C11H18O4. The van der Waals surface area contributed by atoms with E-state index < -0.39 is 23.6 Å². The Balaban J connectivity index is 4.13. The summed E-state index contributed by atoms with van der Waals surface area (Å²) in [6, 6.07) is 0. The maximum absolute atomic E-state index is 11.3. The Morgan fingerprint density at radius 2 is 1.93 bits per heavy atom. The molecule has 0 rings (SSSR count). The average molecular weight is 214 g/mol. The predicted molar refractivity (Wildman–Crippen MR) is 56.2 cm³/mol. The van der Waals surface area contributed by atoms with Crippen molar-refractivity contribution in [3.63, 3.8) is 0 Å². The highest BCUT2D eigenvalue weighted by atomic mass is 16.6. The third kappa shape index (κ3) is 7.73. The number of carbonyl (C=O) groups is 2. The Morgan fingerprint density at radius 1 is 1.40 bits per heavy atom. The quantitative estimate of drug-likeness (QED) is 0.529. The van der Waals surface area contributed by atoms with Crippen molar-refractivity contribution >= 4 is 11.9 Å². The van der Waals surface area contributed by atoms with Gasteiger partial charge in [-0.05, 0) is 20.8 Å². The standard InChI is InChI=1S/C11H18O4/c1-6-9(14-8(2)12)7-10(13)15-11(3,4)5/h6,9H,1,7H2,2-5H3. The molecule has 0 aromatic rings. The first-order valence-corrected chi connectivity index (χ1v) is 4.76. The van der Waals surface area contributed by atoms with E-state index in [1.54, 1.807) is 20.8 Å². The lowest BCUT2D eigenvalue weighted by Crippen LogP contribution is -2.27. The van der Waals surface area contributed by atoms with E-state index in [0.717, 1.165) is 0 Å². The van der Waals surface area contributed by atoms with Crippen molar-refractivity contribution in [2.75, 3.05) is 0 Å². The number of rotatable bonds is 4. The van der Waals surface area contributed by atoms with Crippen molar-refractivity contribution in [3.05, 3.63) is 12.7 Å². The van der Waals surface area contributed by atoms with Gasteiger partial charge in [-0.2, -0.15) is 0 Å². The van der Waals surface area contributed by atoms with Gasteiger partial charge in [-0.15, -0.1) is 0 Å². The molecule has 0 saturated heterocycles. The minimum absolute atomic E-state index is 0.000347. The number of hydrogen-bond donors (Lipinski definition) is 0. The van der Waals surface area contributed by atoms with Gasteiger partial charge in [0.25, 0.3) is 0 Å². The van der Waals surface area contributed by atoms with E-state index in [1.807, 2.05) is 0 Å². The van der Waals surface area contributed by atoms with E-state index in [-0.39, 0.29) is 6.42 Å². The molecule has 0 aliphatic rings. The van der Waals surface area contributed by atoms with Crippen molar-refractivity contribution < 1.29 is 19.1 Å². The van der Waals surface area contributed by atoms with Gasteiger partial charge in [-0.25, -0.2) is 0 Å². The second-order valence-corrected chi connectivity index (χ2v) is 4.17. The van der Waals surface area contributed by atoms with Crippen LogP contribution < -0.4 is 0 Å². The van der Waals surface area contributed by atoms with Crippen LogP contribution in [0.4, 0.5) is 0 Å². The van der Waals surface area contributed by atoms with Gasteiger partial charge in [0.15, 0.2) is 0 Å². The molecule has 0 spiro atoms. The molecule has 0 aliphatic carbocycles. The molecule has 15 heavy (non-hydrogen) atoms. The fourth-order valence-electron chi connectivity index (χ4n) is 0.934. The summed E-state index contributed by atoms with van der Waals surface area (Å²) in [5.41, 5.74) is -0.529. The SMILES string of the molecule is C=CC(CC(=O)OC(C)(C)C)OC(C)=O. The first kappa shape index (κ1) is 13.7. The van der Waals surface area contributed by atoms with Crippen LogP contribution in [0.3, 0.4) is 0 Å². The van der Waals surface area contributed by atoms with E-state index in [2.05, 4.69) is 6.58 Å². The lowest BCUT2D eigenvalue weighted by molar-refractivity contribution is -0.159. The predicted octanol–water partition coefficient (Wildman–Crippen LogP) is 1.84. The molecule has 0 aromatic carbocycles. The van der Waals surface area contributed by atoms with Crippen molar-refractivity contribution in [1.29, 1.82) is 0 Å². The molecule has 0 N–H and O–H groups in total. The average Bonchev–Trinajstić information content (AvgIpc) is 1.98. The van der Waals surface area contributed by atoms with Crippen LogP contribution in [0.2, 0.25) is 0 Å². The maximum atomic E-state index is 11.3. The lowest BCUT2D eigenvalue weighted by Gasteiger charge is -2.21. The number of hydrogen-bond acceptors (Lipinski definition) is 4. The third-order valence-electron chi connectivity index (χ3n) is 1.37. The highest BCUT2D eigenvalue weighted by Gasteiger charge is 2.20. The van der Waals surface area contributed by atoms with E-state index in [0.29, 0.717) is 0 Å². The van der Waals surface area contributed by atoms with Gasteiger partial charge < -0.3 is 9.47 Å². The smallest absolute Gasteiger partial charge is 0.310 e. The fraction of sp³-hybridized carbons (Fsp3) is 0.636. The Hall–Kier alpha value is -1.32. The minimum atomic E-state index is -0.614. The number of ether oxygens (including phenoxy) is 2. The van der Waals surface area contributed by atoms with Gasteiger partial charge in [-0.3, -0.25) is 9.59 Å². The zero-order chi connectivity index (χ0) is 12.1. The fourth-order valence-corrected chi connectivity index (χ4v) is 0.934. The molecule has 86 valence electrons. The van der Waals surface area contributed by atoms with Crippen LogP contribution >= 0.6 is 0 Å². The molecule has 0 amide bonds. The molecule has 0 aliphatic heterocycles. The second-order valence-electron chi connectivity index (χ2n) is 4.17. The second kappa shape index (κ2) is 5.53.